The Labute approximate surface area is 111 Å². The Hall–Kier alpha value is -2.14. The Morgan fingerprint density at radius 3 is 3.11 bits per heavy atom. The van der Waals surface area contributed by atoms with Gasteiger partial charge >= 0.3 is 5.69 Å². The van der Waals surface area contributed by atoms with Gasteiger partial charge in [-0.05, 0) is 24.6 Å². The maximum Gasteiger partial charge on any atom is 0.347 e. The lowest BCUT2D eigenvalue weighted by atomic mass is 10.1. The van der Waals surface area contributed by atoms with E-state index in [9.17, 15) is 4.79 Å². The fraction of sp³-hybridized carbons (Fsp3) is 0.286. The molecule has 0 aliphatic carbocycles. The van der Waals surface area contributed by atoms with Crippen LogP contribution in [0.15, 0.2) is 29.1 Å². The average Bonchev–Trinajstić information content (AvgIpc) is 2.38. The Kier molecular flexibility index (Phi) is 3.05. The number of aryl methyl sites for hydroxylation is 1. The average molecular weight is 256 g/mol. The molecule has 98 valence electrons. The lowest BCUT2D eigenvalue weighted by Gasteiger charge is -2.19. The summed E-state index contributed by atoms with van der Waals surface area (Å²) in [4.78, 5) is 18.5. The van der Waals surface area contributed by atoms with Crippen LogP contribution in [0.4, 0.5) is 11.5 Å². The summed E-state index contributed by atoms with van der Waals surface area (Å²) in [6.45, 7) is 3.65. The fourth-order valence-corrected chi connectivity index (χ4v) is 2.34. The Balaban J connectivity index is 2.00. The number of anilines is 2. The number of nitrogens with one attached hydrogen (secondary N) is 3. The first-order valence-corrected chi connectivity index (χ1v) is 6.39. The summed E-state index contributed by atoms with van der Waals surface area (Å²) in [5, 5.41) is 6.54. The van der Waals surface area contributed by atoms with Crippen LogP contribution in [0.3, 0.4) is 0 Å². The van der Waals surface area contributed by atoms with Crippen molar-refractivity contribution in [2.75, 3.05) is 11.9 Å². The number of aromatic nitrogens is 2. The molecule has 2 heterocycles. The molecule has 1 aliphatic heterocycles. The van der Waals surface area contributed by atoms with Crippen molar-refractivity contribution in [2.24, 2.45) is 0 Å². The van der Waals surface area contributed by atoms with Crippen molar-refractivity contribution < 1.29 is 0 Å². The molecule has 5 nitrogen and oxygen atoms in total. The number of hydrogen-bond acceptors (Lipinski definition) is 4. The van der Waals surface area contributed by atoms with Gasteiger partial charge < -0.3 is 15.6 Å². The Bertz CT molecular complexity index is 663. The second-order valence-electron chi connectivity index (χ2n) is 4.77. The van der Waals surface area contributed by atoms with E-state index in [1.54, 1.807) is 0 Å². The van der Waals surface area contributed by atoms with E-state index in [4.69, 9.17) is 0 Å². The van der Waals surface area contributed by atoms with E-state index in [1.807, 2.05) is 31.2 Å². The van der Waals surface area contributed by atoms with Gasteiger partial charge in [0.15, 0.2) is 0 Å². The highest BCUT2D eigenvalue weighted by Gasteiger charge is 2.15. The highest BCUT2D eigenvalue weighted by Crippen LogP contribution is 2.21. The van der Waals surface area contributed by atoms with Crippen molar-refractivity contribution in [3.8, 4) is 0 Å². The van der Waals surface area contributed by atoms with Gasteiger partial charge in [0.25, 0.3) is 0 Å². The van der Waals surface area contributed by atoms with Gasteiger partial charge in [-0.15, -0.1) is 0 Å². The number of aromatic amines is 1. The largest absolute Gasteiger partial charge is 0.347 e. The normalized spacial score (nSPS) is 13.9. The first-order valence-electron chi connectivity index (χ1n) is 6.39. The van der Waals surface area contributed by atoms with E-state index in [0.29, 0.717) is 5.82 Å². The molecule has 5 heteroatoms. The second-order valence-corrected chi connectivity index (χ2v) is 4.77. The lowest BCUT2D eigenvalue weighted by molar-refractivity contribution is 0.624. The molecule has 0 radical (unpaired) electrons. The first kappa shape index (κ1) is 11.9. The predicted octanol–water partition coefficient (Wildman–Crippen LogP) is 1.47. The molecular weight excluding hydrogens is 240 g/mol. The van der Waals surface area contributed by atoms with Gasteiger partial charge in [0, 0.05) is 36.5 Å². The quantitative estimate of drug-likeness (QED) is 0.761. The Morgan fingerprint density at radius 2 is 2.26 bits per heavy atom. The van der Waals surface area contributed by atoms with Gasteiger partial charge in [-0.25, -0.2) is 4.79 Å². The maximum atomic E-state index is 11.6. The smallest absolute Gasteiger partial charge is 0.340 e. The molecule has 0 amide bonds. The molecule has 3 rings (SSSR count). The summed E-state index contributed by atoms with van der Waals surface area (Å²) in [5.74, 6) is 0.650. The number of hydrogen-bond donors (Lipinski definition) is 3. The summed E-state index contributed by atoms with van der Waals surface area (Å²) in [6.07, 6.45) is 0.829. The zero-order chi connectivity index (χ0) is 13.2. The topological polar surface area (TPSA) is 69.8 Å². The standard InChI is InChI=1S/C14H16N4O/c1-9-3-2-4-10(7-9)16-13-11-8-15-6-5-12(11)17-14(19)18-13/h2-4,7,15H,5-6,8H2,1H3,(H2,16,17,18,19). The van der Waals surface area contributed by atoms with E-state index >= 15 is 0 Å². The van der Waals surface area contributed by atoms with Crippen LogP contribution in [0.25, 0.3) is 0 Å². The van der Waals surface area contributed by atoms with Crippen molar-refractivity contribution >= 4 is 11.5 Å². The fourth-order valence-electron chi connectivity index (χ4n) is 2.34. The molecule has 0 atom stereocenters. The molecule has 3 N–H and O–H groups in total. The summed E-state index contributed by atoms with van der Waals surface area (Å²) in [5.41, 5.74) is 3.85. The number of fused-ring (bicyclic) bond motifs is 1. The molecule has 1 aromatic carbocycles. The molecule has 0 saturated carbocycles. The van der Waals surface area contributed by atoms with E-state index in [1.165, 1.54) is 5.56 Å². The lowest BCUT2D eigenvalue weighted by Crippen LogP contribution is -2.29. The molecule has 19 heavy (non-hydrogen) atoms. The van der Waals surface area contributed by atoms with E-state index < -0.39 is 0 Å². The molecule has 0 saturated heterocycles. The Morgan fingerprint density at radius 1 is 1.37 bits per heavy atom. The minimum atomic E-state index is -0.296. The molecule has 0 spiro atoms. The van der Waals surface area contributed by atoms with Crippen LogP contribution in [-0.2, 0) is 13.0 Å². The van der Waals surface area contributed by atoms with Crippen molar-refractivity contribution in [3.05, 3.63) is 51.6 Å². The zero-order valence-electron chi connectivity index (χ0n) is 10.8. The van der Waals surface area contributed by atoms with E-state index in [2.05, 4.69) is 20.6 Å². The molecule has 1 aliphatic rings. The number of benzene rings is 1. The highest BCUT2D eigenvalue weighted by molar-refractivity contribution is 5.60. The summed E-state index contributed by atoms with van der Waals surface area (Å²) in [6, 6.07) is 8.02. The monoisotopic (exact) mass is 256 g/mol. The van der Waals surface area contributed by atoms with Crippen LogP contribution in [0.2, 0.25) is 0 Å². The van der Waals surface area contributed by atoms with Gasteiger partial charge in [0.05, 0.1) is 0 Å². The molecule has 0 unspecified atom stereocenters. The minimum Gasteiger partial charge on any atom is -0.340 e. The third-order valence-electron chi connectivity index (χ3n) is 3.26. The number of rotatable bonds is 2. The molecule has 0 fully saturated rings. The maximum absolute atomic E-state index is 11.6. The molecule has 0 bridgehead atoms. The van der Waals surface area contributed by atoms with Gasteiger partial charge in [0.2, 0.25) is 0 Å². The summed E-state index contributed by atoms with van der Waals surface area (Å²) >= 11 is 0. The SMILES string of the molecule is Cc1cccc(Nc2nc(=O)[nH]c3c2CNCC3)c1. The van der Waals surface area contributed by atoms with Crippen LogP contribution in [-0.4, -0.2) is 16.5 Å². The van der Waals surface area contributed by atoms with Crippen molar-refractivity contribution in [1.29, 1.82) is 0 Å². The molecule has 1 aromatic heterocycles. The van der Waals surface area contributed by atoms with Crippen LogP contribution in [0.1, 0.15) is 16.8 Å². The van der Waals surface area contributed by atoms with Gasteiger partial charge in [-0.2, -0.15) is 4.98 Å². The number of H-pyrrole nitrogens is 1. The van der Waals surface area contributed by atoms with E-state index in [0.717, 1.165) is 36.5 Å². The highest BCUT2D eigenvalue weighted by atomic mass is 16.1. The van der Waals surface area contributed by atoms with Crippen molar-refractivity contribution in [3.63, 3.8) is 0 Å². The van der Waals surface area contributed by atoms with Crippen LogP contribution < -0.4 is 16.3 Å². The summed E-state index contributed by atoms with van der Waals surface area (Å²) < 4.78 is 0. The predicted molar refractivity (Wildman–Crippen MR) is 74.7 cm³/mol. The second kappa shape index (κ2) is 4.85. The van der Waals surface area contributed by atoms with E-state index in [-0.39, 0.29) is 5.69 Å². The number of nitrogens with zero attached hydrogens (tertiary/aromatic N) is 1. The van der Waals surface area contributed by atoms with Crippen molar-refractivity contribution in [1.82, 2.24) is 15.3 Å². The van der Waals surface area contributed by atoms with Crippen molar-refractivity contribution in [2.45, 2.75) is 19.9 Å². The first-order chi connectivity index (χ1) is 9.22. The van der Waals surface area contributed by atoms with Crippen LogP contribution >= 0.6 is 0 Å². The van der Waals surface area contributed by atoms with Gasteiger partial charge in [0.1, 0.15) is 5.82 Å². The third kappa shape index (κ3) is 2.51. The van der Waals surface area contributed by atoms with Gasteiger partial charge in [-0.3, -0.25) is 0 Å². The van der Waals surface area contributed by atoms with Crippen LogP contribution in [0, 0.1) is 6.92 Å². The zero-order valence-corrected chi connectivity index (χ0v) is 10.8. The van der Waals surface area contributed by atoms with Crippen LogP contribution in [0.5, 0.6) is 0 Å². The minimum absolute atomic E-state index is 0.296. The summed E-state index contributed by atoms with van der Waals surface area (Å²) in [7, 11) is 0. The molecule has 2 aromatic rings. The third-order valence-corrected chi connectivity index (χ3v) is 3.26. The molecular formula is C14H16N4O. The van der Waals surface area contributed by atoms with Gasteiger partial charge in [-0.1, -0.05) is 12.1 Å².